The van der Waals surface area contributed by atoms with Crippen molar-refractivity contribution in [2.45, 2.75) is 19.8 Å². The minimum atomic E-state index is -0.934. The van der Waals surface area contributed by atoms with Gasteiger partial charge in [0.2, 0.25) is 0 Å². The highest BCUT2D eigenvalue weighted by atomic mass is 16.5. The fourth-order valence-electron chi connectivity index (χ4n) is 2.29. The summed E-state index contributed by atoms with van der Waals surface area (Å²) in [6.45, 7) is 6.11. The van der Waals surface area contributed by atoms with Crippen LogP contribution in [0.1, 0.15) is 29.3 Å². The number of benzene rings is 1. The Bertz CT molecular complexity index is 583. The molecule has 1 N–H and O–H groups in total. The third-order valence-corrected chi connectivity index (χ3v) is 3.43. The Morgan fingerprint density at radius 2 is 2.00 bits per heavy atom. The second kappa shape index (κ2) is 8.82. The smallest absolute Gasteiger partial charge is 0.305 e. The largest absolute Gasteiger partial charge is 0.493 e. The first-order valence-corrected chi connectivity index (χ1v) is 7.35. The molecule has 0 heterocycles. The second-order valence-corrected chi connectivity index (χ2v) is 4.89. The zero-order valence-corrected chi connectivity index (χ0v) is 13.8. The summed E-state index contributed by atoms with van der Waals surface area (Å²) in [5.41, 5.74) is 1.23. The van der Waals surface area contributed by atoms with E-state index in [1.54, 1.807) is 18.2 Å². The van der Waals surface area contributed by atoms with Gasteiger partial charge in [-0.25, -0.2) is 0 Å². The van der Waals surface area contributed by atoms with E-state index in [9.17, 15) is 9.59 Å². The van der Waals surface area contributed by atoms with Gasteiger partial charge in [-0.1, -0.05) is 6.08 Å². The van der Waals surface area contributed by atoms with Crippen LogP contribution in [0.25, 0.3) is 0 Å². The van der Waals surface area contributed by atoms with Gasteiger partial charge in [-0.2, -0.15) is 0 Å². The zero-order valence-electron chi connectivity index (χ0n) is 13.8. The average Bonchev–Trinajstić information content (AvgIpc) is 2.54. The zero-order chi connectivity index (χ0) is 17.4. The van der Waals surface area contributed by atoms with Crippen LogP contribution >= 0.6 is 0 Å². The van der Waals surface area contributed by atoms with Crippen LogP contribution in [0.2, 0.25) is 0 Å². The lowest BCUT2D eigenvalue weighted by atomic mass is 10.0. The molecule has 1 aromatic rings. The molecular formula is C17H23NO5. The maximum Gasteiger partial charge on any atom is 0.305 e. The number of nitrogens with zero attached hydrogens (tertiary/aromatic N) is 1. The Balaban J connectivity index is 3.18. The van der Waals surface area contributed by atoms with Gasteiger partial charge in [0, 0.05) is 24.2 Å². The molecule has 6 nitrogen and oxygen atoms in total. The summed E-state index contributed by atoms with van der Waals surface area (Å²) in [4.78, 5) is 24.8. The Labute approximate surface area is 136 Å². The number of carbonyl (C=O) groups excluding carboxylic acids is 1. The van der Waals surface area contributed by atoms with Gasteiger partial charge < -0.3 is 19.5 Å². The summed E-state index contributed by atoms with van der Waals surface area (Å²) < 4.78 is 10.6. The predicted octanol–water partition coefficient (Wildman–Crippen LogP) is 2.37. The summed E-state index contributed by atoms with van der Waals surface area (Å²) in [5, 5.41) is 8.79. The monoisotopic (exact) mass is 321 g/mol. The maximum atomic E-state index is 12.6. The number of hydrogen-bond acceptors (Lipinski definition) is 4. The molecule has 0 aliphatic carbocycles. The molecule has 1 amide bonds. The van der Waals surface area contributed by atoms with Crippen molar-refractivity contribution in [3.05, 3.63) is 35.9 Å². The summed E-state index contributed by atoms with van der Waals surface area (Å²) >= 11 is 0. The normalized spacial score (nSPS) is 10.0. The van der Waals surface area contributed by atoms with Crippen LogP contribution < -0.4 is 9.47 Å². The molecule has 6 heteroatoms. The van der Waals surface area contributed by atoms with Crippen LogP contribution in [0, 0.1) is 0 Å². The molecule has 1 rings (SSSR count). The molecule has 0 radical (unpaired) electrons. The lowest BCUT2D eigenvalue weighted by Crippen LogP contribution is -2.33. The molecule has 0 unspecified atom stereocenters. The van der Waals surface area contributed by atoms with Crippen LogP contribution in [0.15, 0.2) is 24.8 Å². The number of allylic oxidation sites excluding steroid dienone is 1. The lowest BCUT2D eigenvalue weighted by Gasteiger charge is -2.21. The maximum absolute atomic E-state index is 12.6. The SMILES string of the molecule is C=CCc1cc(C(=O)N(CC)CCC(=O)O)cc(OC)c1OC. The Hall–Kier alpha value is -2.50. The number of hydrogen-bond donors (Lipinski definition) is 1. The number of carboxylic acid groups (broad SMARTS) is 1. The van der Waals surface area contributed by atoms with Crippen LogP contribution in [-0.2, 0) is 11.2 Å². The van der Waals surface area contributed by atoms with Gasteiger partial charge >= 0.3 is 5.97 Å². The minimum Gasteiger partial charge on any atom is -0.493 e. The molecule has 126 valence electrons. The van der Waals surface area contributed by atoms with E-state index >= 15 is 0 Å². The van der Waals surface area contributed by atoms with E-state index in [1.807, 2.05) is 6.92 Å². The molecule has 0 fully saturated rings. The average molecular weight is 321 g/mol. The van der Waals surface area contributed by atoms with Crippen molar-refractivity contribution in [2.24, 2.45) is 0 Å². The Morgan fingerprint density at radius 1 is 1.30 bits per heavy atom. The molecule has 0 aromatic heterocycles. The number of rotatable bonds is 9. The van der Waals surface area contributed by atoms with E-state index in [1.165, 1.54) is 19.1 Å². The van der Waals surface area contributed by atoms with Gasteiger partial charge in [-0.3, -0.25) is 9.59 Å². The summed E-state index contributed by atoms with van der Waals surface area (Å²) in [6.07, 6.45) is 2.15. The molecular weight excluding hydrogens is 298 g/mol. The van der Waals surface area contributed by atoms with Crippen molar-refractivity contribution < 1.29 is 24.2 Å². The highest BCUT2D eigenvalue weighted by molar-refractivity contribution is 5.95. The van der Waals surface area contributed by atoms with Crippen molar-refractivity contribution in [1.29, 1.82) is 0 Å². The lowest BCUT2D eigenvalue weighted by molar-refractivity contribution is -0.137. The van der Waals surface area contributed by atoms with Crippen molar-refractivity contribution in [3.63, 3.8) is 0 Å². The molecule has 23 heavy (non-hydrogen) atoms. The first-order chi connectivity index (χ1) is 11.0. The first-order valence-electron chi connectivity index (χ1n) is 7.35. The number of methoxy groups -OCH3 is 2. The van der Waals surface area contributed by atoms with Crippen molar-refractivity contribution >= 4 is 11.9 Å². The quantitative estimate of drug-likeness (QED) is 0.707. The highest BCUT2D eigenvalue weighted by Crippen LogP contribution is 2.33. The number of carboxylic acids is 1. The third kappa shape index (κ3) is 4.74. The number of amides is 1. The van der Waals surface area contributed by atoms with E-state index in [-0.39, 0.29) is 18.9 Å². The number of aliphatic carboxylic acids is 1. The van der Waals surface area contributed by atoms with Gasteiger partial charge in [-0.05, 0) is 25.5 Å². The van der Waals surface area contributed by atoms with E-state index < -0.39 is 5.97 Å². The van der Waals surface area contributed by atoms with Crippen molar-refractivity contribution in [2.75, 3.05) is 27.3 Å². The second-order valence-electron chi connectivity index (χ2n) is 4.89. The van der Waals surface area contributed by atoms with E-state index in [4.69, 9.17) is 14.6 Å². The van der Waals surface area contributed by atoms with Crippen LogP contribution in [0.3, 0.4) is 0 Å². The molecule has 0 aliphatic heterocycles. The van der Waals surface area contributed by atoms with Gasteiger partial charge in [0.1, 0.15) is 0 Å². The molecule has 0 aliphatic rings. The number of ether oxygens (including phenoxy) is 2. The Morgan fingerprint density at radius 3 is 2.48 bits per heavy atom. The van der Waals surface area contributed by atoms with Crippen LogP contribution in [-0.4, -0.2) is 49.2 Å². The van der Waals surface area contributed by atoms with Crippen molar-refractivity contribution in [1.82, 2.24) is 4.90 Å². The van der Waals surface area contributed by atoms with E-state index in [0.717, 1.165) is 5.56 Å². The molecule has 0 saturated heterocycles. The van der Waals surface area contributed by atoms with Crippen LogP contribution in [0.4, 0.5) is 0 Å². The molecule has 0 bridgehead atoms. The molecule has 1 aromatic carbocycles. The third-order valence-electron chi connectivity index (χ3n) is 3.43. The summed E-state index contributed by atoms with van der Waals surface area (Å²) in [6, 6.07) is 3.34. The summed E-state index contributed by atoms with van der Waals surface area (Å²) in [7, 11) is 3.04. The predicted molar refractivity (Wildman–Crippen MR) is 87.3 cm³/mol. The Kier molecular flexibility index (Phi) is 7.12. The van der Waals surface area contributed by atoms with Gasteiger partial charge in [0.25, 0.3) is 5.91 Å². The van der Waals surface area contributed by atoms with Gasteiger partial charge in [0.05, 0.1) is 20.6 Å². The fourth-order valence-corrected chi connectivity index (χ4v) is 2.29. The van der Waals surface area contributed by atoms with E-state index in [2.05, 4.69) is 6.58 Å². The fraction of sp³-hybridized carbons (Fsp3) is 0.412. The molecule has 0 atom stereocenters. The first kappa shape index (κ1) is 18.5. The summed E-state index contributed by atoms with van der Waals surface area (Å²) in [5.74, 6) is -0.141. The van der Waals surface area contributed by atoms with Crippen molar-refractivity contribution in [3.8, 4) is 11.5 Å². The standard InChI is InChI=1S/C17H23NO5/c1-5-7-12-10-13(11-14(22-3)16(12)23-4)17(21)18(6-2)9-8-15(19)20/h5,10-11H,1,6-9H2,2-4H3,(H,19,20). The highest BCUT2D eigenvalue weighted by Gasteiger charge is 2.20. The topological polar surface area (TPSA) is 76.1 Å². The minimum absolute atomic E-state index is 0.0909. The van der Waals surface area contributed by atoms with Gasteiger partial charge in [0.15, 0.2) is 11.5 Å². The molecule has 0 spiro atoms. The van der Waals surface area contributed by atoms with E-state index in [0.29, 0.717) is 30.0 Å². The molecule has 0 saturated carbocycles. The number of carbonyl (C=O) groups is 2. The van der Waals surface area contributed by atoms with Crippen LogP contribution in [0.5, 0.6) is 11.5 Å². The van der Waals surface area contributed by atoms with Gasteiger partial charge in [-0.15, -0.1) is 6.58 Å².